The fraction of sp³-hybridized carbons (Fsp3) is 1.00. The molecule has 0 amide bonds. The van der Waals surface area contributed by atoms with Crippen molar-refractivity contribution in [3.63, 3.8) is 0 Å². The largest absolute Gasteiger partial charge is 0.401 e. The van der Waals surface area contributed by atoms with Crippen LogP contribution in [0.1, 0.15) is 33.6 Å². The first-order valence-electron chi connectivity index (χ1n) is 5.30. The highest BCUT2D eigenvalue weighted by Gasteiger charge is 2.34. The first kappa shape index (κ1) is 14.7. The van der Waals surface area contributed by atoms with Gasteiger partial charge in [-0.05, 0) is 19.8 Å². The lowest BCUT2D eigenvalue weighted by Gasteiger charge is -2.35. The van der Waals surface area contributed by atoms with Crippen LogP contribution < -0.4 is 0 Å². The molecule has 0 spiro atoms. The van der Waals surface area contributed by atoms with E-state index < -0.39 is 18.3 Å². The van der Waals surface area contributed by atoms with Crippen LogP contribution in [0.25, 0.3) is 0 Å². The molecule has 0 aliphatic carbocycles. The van der Waals surface area contributed by atoms with Gasteiger partial charge in [0.15, 0.2) is 0 Å². The van der Waals surface area contributed by atoms with Crippen molar-refractivity contribution in [2.24, 2.45) is 0 Å². The summed E-state index contributed by atoms with van der Waals surface area (Å²) in [6.07, 6.45) is -3.28. The highest BCUT2D eigenvalue weighted by Crippen LogP contribution is 2.24. The summed E-state index contributed by atoms with van der Waals surface area (Å²) in [6.45, 7) is 5.46. The lowest BCUT2D eigenvalue weighted by molar-refractivity contribution is -0.153. The molecule has 1 rings (SSSR count). The Morgan fingerprint density at radius 3 is 1.93 bits per heavy atom. The SMILES string of the molecule is CC.CC1(O)CCN(CC(F)(F)F)CC1. The van der Waals surface area contributed by atoms with E-state index >= 15 is 0 Å². The van der Waals surface area contributed by atoms with E-state index in [4.69, 9.17) is 0 Å². The number of hydrogen-bond acceptors (Lipinski definition) is 2. The molecule has 1 aliphatic rings. The van der Waals surface area contributed by atoms with Crippen LogP contribution >= 0.6 is 0 Å². The molecule has 1 saturated heterocycles. The van der Waals surface area contributed by atoms with Crippen LogP contribution in [0.4, 0.5) is 13.2 Å². The van der Waals surface area contributed by atoms with Gasteiger partial charge in [0, 0.05) is 13.1 Å². The van der Waals surface area contributed by atoms with Gasteiger partial charge < -0.3 is 5.11 Å². The van der Waals surface area contributed by atoms with Crippen LogP contribution in [0.2, 0.25) is 0 Å². The van der Waals surface area contributed by atoms with E-state index in [2.05, 4.69) is 0 Å². The lowest BCUT2D eigenvalue weighted by Crippen LogP contribution is -2.45. The maximum atomic E-state index is 11.9. The van der Waals surface area contributed by atoms with E-state index in [1.807, 2.05) is 13.8 Å². The molecule has 0 aromatic heterocycles. The molecule has 15 heavy (non-hydrogen) atoms. The van der Waals surface area contributed by atoms with Crippen molar-refractivity contribution in [2.45, 2.75) is 45.4 Å². The summed E-state index contributed by atoms with van der Waals surface area (Å²) in [7, 11) is 0. The summed E-state index contributed by atoms with van der Waals surface area (Å²) in [6, 6.07) is 0. The van der Waals surface area contributed by atoms with Crippen molar-refractivity contribution in [1.82, 2.24) is 4.90 Å². The Hall–Kier alpha value is -0.290. The second-order valence-corrected chi connectivity index (χ2v) is 3.89. The zero-order valence-electron chi connectivity index (χ0n) is 9.56. The van der Waals surface area contributed by atoms with Crippen LogP contribution in [0, 0.1) is 0 Å². The molecule has 1 heterocycles. The first-order chi connectivity index (χ1) is 6.79. The Balaban J connectivity index is 0.000000921. The summed E-state index contributed by atoms with van der Waals surface area (Å²) >= 11 is 0. The van der Waals surface area contributed by atoms with Gasteiger partial charge in [-0.3, -0.25) is 4.90 Å². The Kier molecular flexibility index (Phi) is 5.59. The number of alkyl halides is 3. The molecule has 2 nitrogen and oxygen atoms in total. The molecular formula is C10H20F3NO. The quantitative estimate of drug-likeness (QED) is 0.743. The van der Waals surface area contributed by atoms with Gasteiger partial charge in [-0.1, -0.05) is 13.8 Å². The van der Waals surface area contributed by atoms with Crippen molar-refractivity contribution in [3.05, 3.63) is 0 Å². The van der Waals surface area contributed by atoms with E-state index in [-0.39, 0.29) is 0 Å². The van der Waals surface area contributed by atoms with Gasteiger partial charge in [-0.25, -0.2) is 0 Å². The number of piperidine rings is 1. The third-order valence-corrected chi connectivity index (χ3v) is 2.34. The molecule has 1 N–H and O–H groups in total. The Bertz CT molecular complexity index is 170. The molecule has 0 unspecified atom stereocenters. The molecule has 0 bridgehead atoms. The van der Waals surface area contributed by atoms with Crippen LogP contribution in [0.5, 0.6) is 0 Å². The predicted octanol–water partition coefficient (Wildman–Crippen LogP) is 2.42. The Morgan fingerprint density at radius 2 is 1.60 bits per heavy atom. The molecule has 0 aromatic carbocycles. The zero-order valence-corrected chi connectivity index (χ0v) is 9.56. The third kappa shape index (κ3) is 6.73. The van der Waals surface area contributed by atoms with Gasteiger partial charge in [0.25, 0.3) is 0 Å². The van der Waals surface area contributed by atoms with E-state index in [9.17, 15) is 18.3 Å². The van der Waals surface area contributed by atoms with Gasteiger partial charge in [-0.15, -0.1) is 0 Å². The summed E-state index contributed by atoms with van der Waals surface area (Å²) in [5.41, 5.74) is -0.776. The maximum absolute atomic E-state index is 11.9. The van der Waals surface area contributed by atoms with Crippen molar-refractivity contribution in [1.29, 1.82) is 0 Å². The number of rotatable bonds is 1. The maximum Gasteiger partial charge on any atom is 0.401 e. The van der Waals surface area contributed by atoms with Gasteiger partial charge in [-0.2, -0.15) is 13.2 Å². The highest BCUT2D eigenvalue weighted by atomic mass is 19.4. The molecule has 0 saturated carbocycles. The minimum absolute atomic E-state index is 0.326. The smallest absolute Gasteiger partial charge is 0.390 e. The average molecular weight is 227 g/mol. The van der Waals surface area contributed by atoms with E-state index in [1.54, 1.807) is 6.92 Å². The fourth-order valence-corrected chi connectivity index (χ4v) is 1.45. The molecule has 1 fully saturated rings. The minimum atomic E-state index is -4.12. The second kappa shape index (κ2) is 5.70. The summed E-state index contributed by atoms with van der Waals surface area (Å²) in [5, 5.41) is 9.48. The van der Waals surface area contributed by atoms with Gasteiger partial charge in [0.05, 0.1) is 12.1 Å². The van der Waals surface area contributed by atoms with E-state index in [0.29, 0.717) is 25.9 Å². The van der Waals surface area contributed by atoms with Gasteiger partial charge in [0.1, 0.15) is 0 Å². The molecule has 1 aliphatic heterocycles. The molecule has 0 atom stereocenters. The normalized spacial score (nSPS) is 21.8. The Morgan fingerprint density at radius 1 is 1.20 bits per heavy atom. The summed E-state index contributed by atoms with van der Waals surface area (Å²) in [5.74, 6) is 0. The molecule has 0 aromatic rings. The summed E-state index contributed by atoms with van der Waals surface area (Å²) in [4.78, 5) is 1.33. The van der Waals surface area contributed by atoms with E-state index in [1.165, 1.54) is 4.90 Å². The standard InChI is InChI=1S/C8H14F3NO.C2H6/c1-7(13)2-4-12(5-3-7)6-8(9,10)11;1-2/h13H,2-6H2,1H3;1-2H3. The monoisotopic (exact) mass is 227 g/mol. The number of nitrogens with zero attached hydrogens (tertiary/aromatic N) is 1. The summed E-state index contributed by atoms with van der Waals surface area (Å²) < 4.78 is 35.8. The van der Waals surface area contributed by atoms with Gasteiger partial charge >= 0.3 is 6.18 Å². The third-order valence-electron chi connectivity index (χ3n) is 2.34. The van der Waals surface area contributed by atoms with Crippen molar-refractivity contribution in [2.75, 3.05) is 19.6 Å². The molecular weight excluding hydrogens is 207 g/mol. The minimum Gasteiger partial charge on any atom is -0.390 e. The first-order valence-corrected chi connectivity index (χ1v) is 5.30. The Labute approximate surface area is 89.1 Å². The van der Waals surface area contributed by atoms with Crippen LogP contribution in [0.15, 0.2) is 0 Å². The lowest BCUT2D eigenvalue weighted by atomic mass is 9.94. The second-order valence-electron chi connectivity index (χ2n) is 3.89. The number of hydrogen-bond donors (Lipinski definition) is 1. The van der Waals surface area contributed by atoms with Crippen molar-refractivity contribution in [3.8, 4) is 0 Å². The van der Waals surface area contributed by atoms with Crippen LogP contribution in [-0.4, -0.2) is 41.4 Å². The number of likely N-dealkylation sites (tertiary alicyclic amines) is 1. The van der Waals surface area contributed by atoms with Crippen LogP contribution in [-0.2, 0) is 0 Å². The number of aliphatic hydroxyl groups is 1. The van der Waals surface area contributed by atoms with Gasteiger partial charge in [0.2, 0.25) is 0 Å². The highest BCUT2D eigenvalue weighted by molar-refractivity contribution is 4.82. The predicted molar refractivity (Wildman–Crippen MR) is 53.7 cm³/mol. The fourth-order valence-electron chi connectivity index (χ4n) is 1.45. The average Bonchev–Trinajstić information content (AvgIpc) is 2.10. The number of halogens is 3. The zero-order chi connectivity index (χ0) is 12.1. The van der Waals surface area contributed by atoms with Crippen molar-refractivity contribution >= 4 is 0 Å². The van der Waals surface area contributed by atoms with E-state index in [0.717, 1.165) is 0 Å². The molecule has 0 radical (unpaired) electrons. The van der Waals surface area contributed by atoms with Crippen molar-refractivity contribution < 1.29 is 18.3 Å². The molecule has 92 valence electrons. The molecule has 5 heteroatoms. The topological polar surface area (TPSA) is 23.5 Å². The van der Waals surface area contributed by atoms with Crippen LogP contribution in [0.3, 0.4) is 0 Å².